The average molecular weight is 304 g/mol. The topological polar surface area (TPSA) is 82.2 Å². The molecule has 0 spiro atoms. The van der Waals surface area contributed by atoms with Crippen LogP contribution in [0.2, 0.25) is 0 Å². The van der Waals surface area contributed by atoms with Crippen molar-refractivity contribution in [2.75, 3.05) is 11.9 Å². The number of anilines is 1. The van der Waals surface area contributed by atoms with Gasteiger partial charge >= 0.3 is 5.97 Å². The van der Waals surface area contributed by atoms with Gasteiger partial charge in [0.15, 0.2) is 5.69 Å². The monoisotopic (exact) mass is 304 g/mol. The van der Waals surface area contributed by atoms with Crippen LogP contribution < -0.4 is 5.32 Å². The number of carbonyl (C=O) groups is 1. The molecule has 0 aromatic carbocycles. The summed E-state index contributed by atoms with van der Waals surface area (Å²) in [5.74, 6) is -0.471. The number of hydrogen-bond acceptors (Lipinski definition) is 6. The van der Waals surface area contributed by atoms with E-state index in [1.807, 2.05) is 18.7 Å². The van der Waals surface area contributed by atoms with E-state index in [0.29, 0.717) is 12.6 Å². The van der Waals surface area contributed by atoms with Gasteiger partial charge in [-0.2, -0.15) is 10.1 Å². The number of rotatable bonds is 4. The summed E-state index contributed by atoms with van der Waals surface area (Å²) in [4.78, 5) is 15.8. The maximum atomic E-state index is 11.6. The van der Waals surface area contributed by atoms with E-state index in [-0.39, 0.29) is 11.7 Å². The van der Waals surface area contributed by atoms with Crippen molar-refractivity contribution in [3.8, 4) is 0 Å². The molecule has 7 nitrogen and oxygen atoms in total. The van der Waals surface area contributed by atoms with E-state index in [1.165, 1.54) is 17.5 Å². The molecule has 0 saturated carbocycles. The summed E-state index contributed by atoms with van der Waals surface area (Å²) in [7, 11) is 1.97. The Labute approximate surface area is 128 Å². The first-order chi connectivity index (χ1) is 10.6. The third kappa shape index (κ3) is 2.58. The van der Waals surface area contributed by atoms with E-state index < -0.39 is 5.97 Å². The van der Waals surface area contributed by atoms with Crippen molar-refractivity contribution in [1.29, 1.82) is 0 Å². The third-order valence-electron chi connectivity index (χ3n) is 3.93. The molecule has 1 atom stereocenters. The standard InChI is InChI=1S/C15H20N4O3/c1-4-21-14(20)11-8-22-15(17-11)16-10-6-5-7-12-13(10)9(2)18-19(12)3/h8,10H,4-7H2,1-3H3,(H,16,17). The molecular formula is C15H20N4O3. The number of esters is 1. The third-order valence-corrected chi connectivity index (χ3v) is 3.93. The minimum absolute atomic E-state index is 0.103. The first-order valence-corrected chi connectivity index (χ1v) is 7.51. The maximum absolute atomic E-state index is 11.6. The second kappa shape index (κ2) is 5.82. The molecular weight excluding hydrogens is 284 g/mol. The lowest BCUT2D eigenvalue weighted by molar-refractivity contribution is 0.0519. The van der Waals surface area contributed by atoms with Gasteiger partial charge in [-0.25, -0.2) is 4.79 Å². The van der Waals surface area contributed by atoms with Crippen LogP contribution in [0.1, 0.15) is 53.2 Å². The highest BCUT2D eigenvalue weighted by molar-refractivity contribution is 5.87. The largest absolute Gasteiger partial charge is 0.461 e. The molecule has 0 saturated heterocycles. The number of carbonyl (C=O) groups excluding carboxylic acids is 1. The SMILES string of the molecule is CCOC(=O)c1coc(NC2CCCc3c2c(C)nn3C)n1. The molecule has 1 aliphatic carbocycles. The Morgan fingerprint density at radius 3 is 3.18 bits per heavy atom. The van der Waals surface area contributed by atoms with Gasteiger partial charge in [0.05, 0.1) is 18.3 Å². The average Bonchev–Trinajstić information content (AvgIpc) is 3.06. The molecule has 0 radical (unpaired) electrons. The summed E-state index contributed by atoms with van der Waals surface area (Å²) in [5, 5.41) is 7.76. The van der Waals surface area contributed by atoms with Crippen molar-refractivity contribution in [1.82, 2.24) is 14.8 Å². The van der Waals surface area contributed by atoms with Crippen LogP contribution in [0.5, 0.6) is 0 Å². The van der Waals surface area contributed by atoms with Gasteiger partial charge in [-0.1, -0.05) is 0 Å². The highest BCUT2D eigenvalue weighted by Gasteiger charge is 2.27. The molecule has 0 fully saturated rings. The minimum Gasteiger partial charge on any atom is -0.461 e. The zero-order valence-corrected chi connectivity index (χ0v) is 13.0. The Kier molecular flexibility index (Phi) is 3.87. The number of aromatic nitrogens is 3. The van der Waals surface area contributed by atoms with Crippen molar-refractivity contribution in [2.24, 2.45) is 7.05 Å². The molecule has 2 heterocycles. The Balaban J connectivity index is 1.79. The van der Waals surface area contributed by atoms with Gasteiger partial charge in [0.25, 0.3) is 6.01 Å². The van der Waals surface area contributed by atoms with Gasteiger partial charge in [0.2, 0.25) is 0 Å². The lowest BCUT2D eigenvalue weighted by Crippen LogP contribution is -2.18. The summed E-state index contributed by atoms with van der Waals surface area (Å²) < 4.78 is 12.2. The van der Waals surface area contributed by atoms with Crippen LogP contribution in [0.15, 0.2) is 10.7 Å². The molecule has 118 valence electrons. The van der Waals surface area contributed by atoms with Crippen molar-refractivity contribution in [3.05, 3.63) is 28.9 Å². The first-order valence-electron chi connectivity index (χ1n) is 7.51. The maximum Gasteiger partial charge on any atom is 0.360 e. The summed E-state index contributed by atoms with van der Waals surface area (Å²) in [6, 6.07) is 0.440. The van der Waals surface area contributed by atoms with Gasteiger partial charge < -0.3 is 14.5 Å². The molecule has 1 aliphatic rings. The molecule has 3 rings (SSSR count). The molecule has 2 aromatic heterocycles. The molecule has 7 heteroatoms. The lowest BCUT2D eigenvalue weighted by Gasteiger charge is -2.23. The van der Waals surface area contributed by atoms with E-state index in [0.717, 1.165) is 25.0 Å². The van der Waals surface area contributed by atoms with Crippen LogP contribution in [-0.2, 0) is 18.2 Å². The number of aryl methyl sites for hydroxylation is 2. The second-order valence-corrected chi connectivity index (χ2v) is 5.42. The van der Waals surface area contributed by atoms with Crippen molar-refractivity contribution >= 4 is 12.0 Å². The quantitative estimate of drug-likeness (QED) is 0.873. The van der Waals surface area contributed by atoms with Crippen molar-refractivity contribution < 1.29 is 13.9 Å². The van der Waals surface area contributed by atoms with Gasteiger partial charge in [-0.15, -0.1) is 0 Å². The van der Waals surface area contributed by atoms with Gasteiger partial charge in [0, 0.05) is 18.3 Å². The van der Waals surface area contributed by atoms with Gasteiger partial charge in [-0.05, 0) is 33.1 Å². The predicted octanol–water partition coefficient (Wildman–Crippen LogP) is 2.38. The number of nitrogens with one attached hydrogen (secondary N) is 1. The highest BCUT2D eigenvalue weighted by atomic mass is 16.5. The summed E-state index contributed by atoms with van der Waals surface area (Å²) >= 11 is 0. The van der Waals surface area contributed by atoms with Crippen LogP contribution in [0.25, 0.3) is 0 Å². The van der Waals surface area contributed by atoms with E-state index in [2.05, 4.69) is 15.4 Å². The number of nitrogens with zero attached hydrogens (tertiary/aromatic N) is 3. The molecule has 0 amide bonds. The zero-order chi connectivity index (χ0) is 15.7. The Bertz CT molecular complexity index is 689. The molecule has 1 N–H and O–H groups in total. The highest BCUT2D eigenvalue weighted by Crippen LogP contribution is 2.34. The van der Waals surface area contributed by atoms with Gasteiger partial charge in [-0.3, -0.25) is 4.68 Å². The van der Waals surface area contributed by atoms with Crippen LogP contribution in [0, 0.1) is 6.92 Å². The first kappa shape index (κ1) is 14.6. The Morgan fingerprint density at radius 1 is 1.59 bits per heavy atom. The number of hydrogen-bond donors (Lipinski definition) is 1. The smallest absolute Gasteiger partial charge is 0.360 e. The number of oxazole rings is 1. The number of ether oxygens (including phenoxy) is 1. The summed E-state index contributed by atoms with van der Waals surface area (Å²) in [5.41, 5.74) is 3.67. The van der Waals surface area contributed by atoms with Crippen LogP contribution in [0.4, 0.5) is 6.01 Å². The van der Waals surface area contributed by atoms with E-state index >= 15 is 0 Å². The zero-order valence-electron chi connectivity index (χ0n) is 13.0. The van der Waals surface area contributed by atoms with Crippen molar-refractivity contribution in [3.63, 3.8) is 0 Å². The van der Waals surface area contributed by atoms with E-state index in [9.17, 15) is 4.79 Å². The van der Waals surface area contributed by atoms with Crippen molar-refractivity contribution in [2.45, 2.75) is 39.2 Å². The molecule has 0 aliphatic heterocycles. The van der Waals surface area contributed by atoms with Crippen LogP contribution in [-0.4, -0.2) is 27.3 Å². The minimum atomic E-state index is -0.471. The lowest BCUT2D eigenvalue weighted by atomic mass is 9.91. The molecule has 2 aromatic rings. The summed E-state index contributed by atoms with van der Waals surface area (Å²) in [6.07, 6.45) is 4.41. The molecule has 0 bridgehead atoms. The second-order valence-electron chi connectivity index (χ2n) is 5.42. The van der Waals surface area contributed by atoms with E-state index in [1.54, 1.807) is 6.92 Å². The Hall–Kier alpha value is -2.31. The fourth-order valence-corrected chi connectivity index (χ4v) is 3.02. The fourth-order valence-electron chi connectivity index (χ4n) is 3.02. The normalized spacial score (nSPS) is 17.1. The molecule has 22 heavy (non-hydrogen) atoms. The predicted molar refractivity (Wildman–Crippen MR) is 79.7 cm³/mol. The number of fused-ring (bicyclic) bond motifs is 1. The van der Waals surface area contributed by atoms with E-state index in [4.69, 9.17) is 9.15 Å². The van der Waals surface area contributed by atoms with Gasteiger partial charge in [0.1, 0.15) is 6.26 Å². The fraction of sp³-hybridized carbons (Fsp3) is 0.533. The van der Waals surface area contributed by atoms with Crippen LogP contribution in [0.3, 0.4) is 0 Å². The summed E-state index contributed by atoms with van der Waals surface area (Å²) in [6.45, 7) is 4.08. The molecule has 1 unspecified atom stereocenters. The Morgan fingerprint density at radius 2 is 2.41 bits per heavy atom. The van der Waals surface area contributed by atoms with Crippen LogP contribution >= 0.6 is 0 Å².